The molecule has 0 spiro atoms. The van der Waals surface area contributed by atoms with Crippen LogP contribution in [-0.4, -0.2) is 58.1 Å². The van der Waals surface area contributed by atoms with Crippen LogP contribution in [0, 0.1) is 0 Å². The maximum Gasteiger partial charge on any atom is 0.411 e. The summed E-state index contributed by atoms with van der Waals surface area (Å²) in [6.07, 6.45) is 7.49. The van der Waals surface area contributed by atoms with Gasteiger partial charge in [0.05, 0.1) is 6.54 Å². The van der Waals surface area contributed by atoms with Gasteiger partial charge in [0.1, 0.15) is 29.5 Å². The highest BCUT2D eigenvalue weighted by Gasteiger charge is 2.47. The number of carbonyl (C=O) groups is 3. The van der Waals surface area contributed by atoms with Crippen molar-refractivity contribution >= 4 is 23.6 Å². The lowest BCUT2D eigenvalue weighted by molar-refractivity contribution is -0.129. The van der Waals surface area contributed by atoms with E-state index in [9.17, 15) is 9.59 Å². The summed E-state index contributed by atoms with van der Waals surface area (Å²) in [6, 6.07) is 18.8. The summed E-state index contributed by atoms with van der Waals surface area (Å²) in [5, 5.41) is 3.26. The normalized spacial score (nSPS) is 19.3. The van der Waals surface area contributed by atoms with Crippen LogP contribution in [-0.2, 0) is 19.7 Å². The first kappa shape index (κ1) is 34.9. The minimum atomic E-state index is -1.02. The molecular weight excluding hydrogens is 604 g/mol. The van der Waals surface area contributed by atoms with Crippen LogP contribution in [0.25, 0.3) is 0 Å². The maximum absolute atomic E-state index is 15.1. The molecule has 3 amide bonds. The Morgan fingerprint density at radius 1 is 0.896 bits per heavy atom. The molecule has 0 radical (unpaired) electrons. The molecule has 0 bridgehead atoms. The van der Waals surface area contributed by atoms with Crippen molar-refractivity contribution in [3.8, 4) is 5.75 Å². The first-order chi connectivity index (χ1) is 22.8. The van der Waals surface area contributed by atoms with Gasteiger partial charge in [0.2, 0.25) is 5.91 Å². The Hall–Kier alpha value is -4.40. The number of para-hydroxylation sites is 1. The lowest BCUT2D eigenvalue weighted by Crippen LogP contribution is -2.53. The van der Waals surface area contributed by atoms with Crippen molar-refractivity contribution in [3.05, 3.63) is 90.3 Å². The van der Waals surface area contributed by atoms with Crippen LogP contribution < -0.4 is 15.0 Å². The van der Waals surface area contributed by atoms with E-state index in [-0.39, 0.29) is 30.3 Å². The third-order valence-electron chi connectivity index (χ3n) is 8.93. The average Bonchev–Trinajstić information content (AvgIpc) is 3.47. The molecule has 3 aromatic rings. The molecule has 3 atom stereocenters. The molecule has 256 valence electrons. The van der Waals surface area contributed by atoms with E-state index in [2.05, 4.69) is 31.1 Å². The molecule has 9 heteroatoms. The second-order valence-corrected chi connectivity index (χ2v) is 15.0. The predicted molar refractivity (Wildman–Crippen MR) is 187 cm³/mol. The van der Waals surface area contributed by atoms with Crippen LogP contribution >= 0.6 is 0 Å². The van der Waals surface area contributed by atoms with E-state index in [4.69, 9.17) is 9.47 Å². The summed E-state index contributed by atoms with van der Waals surface area (Å²) >= 11 is 0. The third-order valence-corrected chi connectivity index (χ3v) is 8.93. The molecule has 1 aliphatic carbocycles. The number of benzene rings is 2. The van der Waals surface area contributed by atoms with Crippen LogP contribution in [0.5, 0.6) is 5.75 Å². The van der Waals surface area contributed by atoms with Crippen molar-refractivity contribution in [2.45, 2.75) is 115 Å². The molecule has 1 N–H and O–H groups in total. The monoisotopic (exact) mass is 654 g/mol. The molecule has 1 saturated heterocycles. The van der Waals surface area contributed by atoms with Gasteiger partial charge in [-0.05, 0) is 74.9 Å². The van der Waals surface area contributed by atoms with Gasteiger partial charge in [-0.15, -0.1) is 0 Å². The van der Waals surface area contributed by atoms with Crippen LogP contribution in [0.3, 0.4) is 0 Å². The number of ether oxygens (including phenoxy) is 2. The number of pyridine rings is 1. The number of aromatic nitrogens is 1. The van der Waals surface area contributed by atoms with E-state index in [1.165, 1.54) is 4.90 Å². The smallest absolute Gasteiger partial charge is 0.411 e. The van der Waals surface area contributed by atoms with Crippen molar-refractivity contribution in [2.75, 3.05) is 11.4 Å². The van der Waals surface area contributed by atoms with Gasteiger partial charge in [-0.3, -0.25) is 24.4 Å². The minimum Gasteiger partial charge on any atom is -0.488 e. The van der Waals surface area contributed by atoms with Crippen molar-refractivity contribution in [1.82, 2.24) is 15.2 Å². The number of hydrogen-bond donors (Lipinski definition) is 1. The fourth-order valence-corrected chi connectivity index (χ4v) is 6.50. The largest absolute Gasteiger partial charge is 0.488 e. The number of anilines is 1. The Kier molecular flexibility index (Phi) is 10.8. The Balaban J connectivity index is 1.58. The minimum absolute atomic E-state index is 0.0269. The predicted octanol–water partition coefficient (Wildman–Crippen LogP) is 7.36. The highest BCUT2D eigenvalue weighted by Crippen LogP contribution is 2.35. The average molecular weight is 655 g/mol. The number of rotatable bonds is 8. The lowest BCUT2D eigenvalue weighted by Gasteiger charge is -2.36. The lowest BCUT2D eigenvalue weighted by atomic mass is 9.87. The number of nitrogens with one attached hydrogen (secondary N) is 1. The molecule has 1 aliphatic heterocycles. The van der Waals surface area contributed by atoms with E-state index in [0.717, 1.165) is 37.7 Å². The number of hydrogen-bond acceptors (Lipinski definition) is 6. The highest BCUT2D eigenvalue weighted by atomic mass is 16.6. The first-order valence-corrected chi connectivity index (χ1v) is 17.2. The Morgan fingerprint density at radius 2 is 1.58 bits per heavy atom. The van der Waals surface area contributed by atoms with Crippen molar-refractivity contribution in [3.63, 3.8) is 0 Å². The number of likely N-dealkylation sites (tertiary alicyclic amines) is 1. The molecule has 2 fully saturated rings. The fraction of sp³-hybridized carbons (Fsp3) is 0.487. The molecule has 1 saturated carbocycles. The molecule has 5 rings (SSSR count). The number of carbonyl (C=O) groups excluding carboxylic acids is 3. The highest BCUT2D eigenvalue weighted by molar-refractivity contribution is 6.05. The number of amides is 3. The van der Waals surface area contributed by atoms with Gasteiger partial charge in [-0.2, -0.15) is 0 Å². The zero-order valence-electron chi connectivity index (χ0n) is 29.1. The summed E-state index contributed by atoms with van der Waals surface area (Å²) in [5.41, 5.74) is 1.34. The molecule has 48 heavy (non-hydrogen) atoms. The third kappa shape index (κ3) is 8.74. The molecular formula is C39H50N4O5. The van der Waals surface area contributed by atoms with Gasteiger partial charge in [0.15, 0.2) is 0 Å². The van der Waals surface area contributed by atoms with Crippen LogP contribution in [0.2, 0.25) is 0 Å². The van der Waals surface area contributed by atoms with E-state index in [1.54, 1.807) is 44.1 Å². The summed E-state index contributed by atoms with van der Waals surface area (Å²) in [5.74, 6) is -0.0207. The van der Waals surface area contributed by atoms with Crippen molar-refractivity contribution in [1.29, 1.82) is 0 Å². The van der Waals surface area contributed by atoms with E-state index in [0.29, 0.717) is 17.0 Å². The Morgan fingerprint density at radius 3 is 2.19 bits per heavy atom. The SMILES string of the molecule is CC(C)(C)OC(=O)N1C[C@@H](Oc2ccccc2)C[C@@H]1C(=O)N(c1ccc(C(C)(C)C)cc1)C(C(=O)NC1CCCCC1)c1cccnc1. The molecule has 1 unspecified atom stereocenters. The summed E-state index contributed by atoms with van der Waals surface area (Å²) in [6.45, 7) is 11.9. The molecule has 2 aliphatic rings. The van der Waals surface area contributed by atoms with Gasteiger partial charge < -0.3 is 14.8 Å². The molecule has 9 nitrogen and oxygen atoms in total. The van der Waals surface area contributed by atoms with E-state index < -0.39 is 35.8 Å². The summed E-state index contributed by atoms with van der Waals surface area (Å²) in [4.78, 5) is 50.6. The van der Waals surface area contributed by atoms with Crippen molar-refractivity contribution in [2.24, 2.45) is 0 Å². The topological polar surface area (TPSA) is 101 Å². The summed E-state index contributed by atoms with van der Waals surface area (Å²) in [7, 11) is 0. The van der Waals surface area contributed by atoms with Gasteiger partial charge in [0, 0.05) is 36.1 Å². The van der Waals surface area contributed by atoms with Gasteiger partial charge in [0.25, 0.3) is 5.91 Å². The van der Waals surface area contributed by atoms with Crippen molar-refractivity contribution < 1.29 is 23.9 Å². The zero-order valence-corrected chi connectivity index (χ0v) is 29.1. The fourth-order valence-electron chi connectivity index (χ4n) is 6.50. The zero-order chi connectivity index (χ0) is 34.5. The van der Waals surface area contributed by atoms with Crippen LogP contribution in [0.1, 0.15) is 97.2 Å². The van der Waals surface area contributed by atoms with E-state index in [1.807, 2.05) is 60.7 Å². The first-order valence-electron chi connectivity index (χ1n) is 17.2. The second kappa shape index (κ2) is 14.8. The van der Waals surface area contributed by atoms with Crippen LogP contribution in [0.4, 0.5) is 10.5 Å². The van der Waals surface area contributed by atoms with Gasteiger partial charge in [-0.1, -0.05) is 76.4 Å². The quantitative estimate of drug-likeness (QED) is 0.273. The standard InChI is InChI=1S/C39H50N4O5/c1-38(2,3)28-19-21-30(22-20-28)43(34(27-14-13-23-40-25-27)35(44)41-29-15-9-7-10-16-29)36(45)33-24-32(47-31-17-11-8-12-18-31)26-42(33)37(46)48-39(4,5)6/h8,11-14,17-23,25,29,32-34H,7,9-10,15-16,24,26H2,1-6H3,(H,41,44)/t32-,33+,34?/m0/s1. The summed E-state index contributed by atoms with van der Waals surface area (Å²) < 4.78 is 12.1. The van der Waals surface area contributed by atoms with Gasteiger partial charge >= 0.3 is 6.09 Å². The Labute approximate surface area is 285 Å². The number of nitrogens with zero attached hydrogens (tertiary/aromatic N) is 3. The van der Waals surface area contributed by atoms with Crippen LogP contribution in [0.15, 0.2) is 79.1 Å². The second-order valence-electron chi connectivity index (χ2n) is 15.0. The Bertz CT molecular complexity index is 1530. The van der Waals surface area contributed by atoms with Gasteiger partial charge in [-0.25, -0.2) is 4.79 Å². The van der Waals surface area contributed by atoms with E-state index >= 15 is 4.79 Å². The molecule has 2 heterocycles. The molecule has 1 aromatic heterocycles. The maximum atomic E-state index is 15.1. The molecule has 2 aromatic carbocycles.